The van der Waals surface area contributed by atoms with Gasteiger partial charge >= 0.3 is 5.97 Å². The highest BCUT2D eigenvalue weighted by molar-refractivity contribution is 6.29. The molecule has 1 N–H and O–H groups in total. The van der Waals surface area contributed by atoms with Crippen LogP contribution in [0.15, 0.2) is 36.4 Å². The first-order valence-electron chi connectivity index (χ1n) is 8.86. The number of halogens is 1. The molecule has 0 aliphatic carbocycles. The van der Waals surface area contributed by atoms with Crippen molar-refractivity contribution in [1.82, 2.24) is 15.5 Å². The van der Waals surface area contributed by atoms with E-state index in [9.17, 15) is 9.59 Å². The van der Waals surface area contributed by atoms with Crippen molar-refractivity contribution in [2.24, 2.45) is 0 Å². The third kappa shape index (κ3) is 4.89. The monoisotopic (exact) mass is 404 g/mol. The van der Waals surface area contributed by atoms with Crippen molar-refractivity contribution in [3.8, 4) is 5.75 Å². The van der Waals surface area contributed by atoms with Crippen LogP contribution in [0.25, 0.3) is 0 Å². The molecule has 3 rings (SSSR count). The largest absolute Gasteiger partial charge is 0.493 e. The Morgan fingerprint density at radius 1 is 1.32 bits per heavy atom. The van der Waals surface area contributed by atoms with Crippen LogP contribution >= 0.6 is 11.6 Å². The van der Waals surface area contributed by atoms with E-state index in [-0.39, 0.29) is 23.6 Å². The van der Waals surface area contributed by atoms with E-state index in [0.29, 0.717) is 18.8 Å². The number of anilines is 1. The lowest BCUT2D eigenvalue weighted by Gasteiger charge is -2.27. The third-order valence-corrected chi connectivity index (χ3v) is 4.53. The first kappa shape index (κ1) is 19.9. The molecular formula is C19H21ClN4O4. The summed E-state index contributed by atoms with van der Waals surface area (Å²) in [6, 6.07) is 10.6. The first-order valence-corrected chi connectivity index (χ1v) is 9.24. The molecule has 2 unspecified atom stereocenters. The Balaban J connectivity index is 1.53. The van der Waals surface area contributed by atoms with Crippen LogP contribution in [0.3, 0.4) is 0 Å². The Kier molecular flexibility index (Phi) is 6.30. The summed E-state index contributed by atoms with van der Waals surface area (Å²) in [5, 5.41) is 10.8. The number of para-hydroxylation sites is 1. The highest BCUT2D eigenvalue weighted by Crippen LogP contribution is 2.31. The maximum absolute atomic E-state index is 12.5. The van der Waals surface area contributed by atoms with Crippen LogP contribution in [0, 0.1) is 0 Å². The van der Waals surface area contributed by atoms with Crippen molar-refractivity contribution < 1.29 is 19.1 Å². The van der Waals surface area contributed by atoms with Crippen molar-refractivity contribution >= 4 is 29.3 Å². The Morgan fingerprint density at radius 3 is 2.86 bits per heavy atom. The fraction of sp³-hybridized carbons (Fsp3) is 0.368. The topological polar surface area (TPSA) is 93.7 Å². The highest BCUT2D eigenvalue weighted by atomic mass is 35.5. The molecule has 8 nitrogen and oxygen atoms in total. The van der Waals surface area contributed by atoms with Gasteiger partial charge in [0, 0.05) is 19.0 Å². The zero-order chi connectivity index (χ0) is 20.1. The van der Waals surface area contributed by atoms with E-state index in [1.54, 1.807) is 31.0 Å². The fourth-order valence-electron chi connectivity index (χ4n) is 2.86. The van der Waals surface area contributed by atoms with E-state index in [2.05, 4.69) is 15.5 Å². The summed E-state index contributed by atoms with van der Waals surface area (Å²) in [4.78, 5) is 26.2. The summed E-state index contributed by atoms with van der Waals surface area (Å²) in [5.74, 6) is 0.324. The van der Waals surface area contributed by atoms with Crippen LogP contribution < -0.4 is 15.0 Å². The second kappa shape index (κ2) is 8.88. The van der Waals surface area contributed by atoms with Crippen molar-refractivity contribution in [2.45, 2.75) is 25.5 Å². The molecule has 1 aromatic heterocycles. The van der Waals surface area contributed by atoms with Crippen molar-refractivity contribution in [2.75, 3.05) is 25.1 Å². The number of aromatic nitrogens is 2. The molecule has 0 saturated heterocycles. The van der Waals surface area contributed by atoms with Gasteiger partial charge in [-0.1, -0.05) is 29.8 Å². The molecule has 0 fully saturated rings. The van der Waals surface area contributed by atoms with E-state index in [0.717, 1.165) is 11.3 Å². The standard InChI is InChI=1S/C19H21ClN4O4/c1-12(28-18(25)11-24(2)17-8-7-16(20)22-23-17)19(26)21-14-9-10-27-15-6-4-3-5-13(14)15/h3-8,12,14H,9-11H2,1-2H3,(H,21,26). The molecular weight excluding hydrogens is 384 g/mol. The smallest absolute Gasteiger partial charge is 0.326 e. The molecule has 0 saturated carbocycles. The number of carbonyl (C=O) groups excluding carboxylic acids is 2. The van der Waals surface area contributed by atoms with Crippen LogP contribution in [-0.2, 0) is 14.3 Å². The number of nitrogens with one attached hydrogen (secondary N) is 1. The number of hydrogen-bond donors (Lipinski definition) is 1. The molecule has 1 aromatic carbocycles. The van der Waals surface area contributed by atoms with Crippen molar-refractivity contribution in [3.63, 3.8) is 0 Å². The summed E-state index contributed by atoms with van der Waals surface area (Å²) in [6.07, 6.45) is -0.270. The van der Waals surface area contributed by atoms with Crippen LogP contribution in [-0.4, -0.2) is 48.4 Å². The SMILES string of the molecule is CC(OC(=O)CN(C)c1ccc(Cl)nn1)C(=O)NC1CCOc2ccccc21. The summed E-state index contributed by atoms with van der Waals surface area (Å²) < 4.78 is 10.9. The van der Waals surface area contributed by atoms with Gasteiger partial charge in [-0.15, -0.1) is 10.2 Å². The van der Waals surface area contributed by atoms with Crippen LogP contribution in [0.2, 0.25) is 5.15 Å². The molecule has 0 radical (unpaired) electrons. The molecule has 2 heterocycles. The lowest BCUT2D eigenvalue weighted by molar-refractivity contribution is -0.153. The van der Waals surface area contributed by atoms with Gasteiger partial charge in [0.25, 0.3) is 5.91 Å². The lowest BCUT2D eigenvalue weighted by Crippen LogP contribution is -2.41. The van der Waals surface area contributed by atoms with Gasteiger partial charge in [-0.3, -0.25) is 9.59 Å². The van der Waals surface area contributed by atoms with E-state index in [1.165, 1.54) is 0 Å². The fourth-order valence-corrected chi connectivity index (χ4v) is 2.96. The molecule has 2 aromatic rings. The predicted molar refractivity (Wildman–Crippen MR) is 103 cm³/mol. The minimum absolute atomic E-state index is 0.0754. The van der Waals surface area contributed by atoms with E-state index < -0.39 is 12.1 Å². The van der Waals surface area contributed by atoms with Crippen LogP contribution in [0.1, 0.15) is 24.9 Å². The number of likely N-dealkylation sites (N-methyl/N-ethyl adjacent to an activating group) is 1. The van der Waals surface area contributed by atoms with E-state index in [4.69, 9.17) is 21.1 Å². The summed E-state index contributed by atoms with van der Waals surface area (Å²) in [7, 11) is 1.67. The van der Waals surface area contributed by atoms with E-state index in [1.807, 2.05) is 24.3 Å². The van der Waals surface area contributed by atoms with Gasteiger partial charge in [0.1, 0.15) is 12.3 Å². The quantitative estimate of drug-likeness (QED) is 0.737. The number of hydrogen-bond acceptors (Lipinski definition) is 7. The Hall–Kier alpha value is -2.87. The Morgan fingerprint density at radius 2 is 2.11 bits per heavy atom. The summed E-state index contributed by atoms with van der Waals surface area (Å²) in [5.41, 5.74) is 0.918. The summed E-state index contributed by atoms with van der Waals surface area (Å²) in [6.45, 7) is 1.98. The van der Waals surface area contributed by atoms with Gasteiger partial charge in [-0.2, -0.15) is 0 Å². The minimum atomic E-state index is -0.924. The van der Waals surface area contributed by atoms with Gasteiger partial charge in [-0.05, 0) is 25.1 Å². The molecule has 1 amide bonds. The normalized spacial score (nSPS) is 16.3. The number of fused-ring (bicyclic) bond motifs is 1. The third-order valence-electron chi connectivity index (χ3n) is 4.33. The Bertz CT molecular complexity index is 846. The number of ether oxygens (including phenoxy) is 2. The van der Waals surface area contributed by atoms with Gasteiger partial charge in [0.05, 0.1) is 12.6 Å². The minimum Gasteiger partial charge on any atom is -0.493 e. The highest BCUT2D eigenvalue weighted by Gasteiger charge is 2.26. The van der Waals surface area contributed by atoms with Gasteiger partial charge < -0.3 is 19.7 Å². The molecule has 0 bridgehead atoms. The molecule has 2 atom stereocenters. The number of esters is 1. The number of rotatable bonds is 6. The number of carbonyl (C=O) groups is 2. The van der Waals surface area contributed by atoms with Gasteiger partial charge in [0.2, 0.25) is 0 Å². The first-order chi connectivity index (χ1) is 13.4. The molecule has 0 spiro atoms. The van der Waals surface area contributed by atoms with Crippen molar-refractivity contribution in [1.29, 1.82) is 0 Å². The second-order valence-electron chi connectivity index (χ2n) is 6.44. The molecule has 28 heavy (non-hydrogen) atoms. The van der Waals surface area contributed by atoms with Gasteiger partial charge in [0.15, 0.2) is 17.1 Å². The number of benzene rings is 1. The van der Waals surface area contributed by atoms with Crippen molar-refractivity contribution in [3.05, 3.63) is 47.1 Å². The number of amides is 1. The maximum atomic E-state index is 12.5. The predicted octanol–water partition coefficient (Wildman–Crippen LogP) is 2.14. The average Bonchev–Trinajstić information content (AvgIpc) is 2.68. The second-order valence-corrected chi connectivity index (χ2v) is 6.83. The Labute approximate surface area is 167 Å². The van der Waals surface area contributed by atoms with Crippen LogP contribution in [0.5, 0.6) is 5.75 Å². The summed E-state index contributed by atoms with van der Waals surface area (Å²) >= 11 is 5.70. The average molecular weight is 405 g/mol. The molecule has 148 valence electrons. The zero-order valence-electron chi connectivity index (χ0n) is 15.6. The van der Waals surface area contributed by atoms with E-state index >= 15 is 0 Å². The van der Waals surface area contributed by atoms with Gasteiger partial charge in [-0.25, -0.2) is 0 Å². The zero-order valence-corrected chi connectivity index (χ0v) is 16.3. The lowest BCUT2D eigenvalue weighted by atomic mass is 10.0. The molecule has 1 aliphatic rings. The maximum Gasteiger partial charge on any atom is 0.326 e. The van der Waals surface area contributed by atoms with Crippen LogP contribution in [0.4, 0.5) is 5.82 Å². The number of nitrogens with zero attached hydrogens (tertiary/aromatic N) is 3. The molecule has 9 heteroatoms. The molecule has 1 aliphatic heterocycles.